The number of nitrogens with zero attached hydrogens (tertiary/aromatic N) is 1. The Morgan fingerprint density at radius 2 is 1.69 bits per heavy atom. The van der Waals surface area contributed by atoms with Gasteiger partial charge in [0, 0.05) is 0 Å². The minimum absolute atomic E-state index is 0.336. The van der Waals surface area contributed by atoms with Crippen molar-refractivity contribution in [1.29, 1.82) is 0 Å². The van der Waals surface area contributed by atoms with Gasteiger partial charge in [-0.1, -0.05) is 0 Å². The molecule has 7 N–H and O–H groups in total. The first-order chi connectivity index (χ1) is 7.08. The number of quaternary nitrogens is 1. The van der Waals surface area contributed by atoms with Crippen molar-refractivity contribution < 1.29 is 39.1 Å². The molecule has 1 aliphatic heterocycles. The molecule has 1 rings (SSSR count). The van der Waals surface area contributed by atoms with Crippen molar-refractivity contribution in [2.24, 2.45) is 0 Å². The van der Waals surface area contributed by atoms with E-state index in [1.54, 1.807) is 5.32 Å². The Bertz CT molecular complexity index is 321. The van der Waals surface area contributed by atoms with Crippen LogP contribution in [0.2, 0.25) is 0 Å². The summed E-state index contributed by atoms with van der Waals surface area (Å²) in [7, 11) is -10.6. The lowest BCUT2D eigenvalue weighted by molar-refractivity contribution is -0.643. The van der Waals surface area contributed by atoms with E-state index in [0.717, 1.165) is 0 Å². The van der Waals surface area contributed by atoms with Crippen molar-refractivity contribution in [2.75, 3.05) is 26.3 Å². The van der Waals surface area contributed by atoms with Crippen LogP contribution in [0.5, 0.6) is 0 Å². The smallest absolute Gasteiger partial charge is 0.367 e. The second kappa shape index (κ2) is 4.45. The molecular weight excluding hydrogens is 262 g/mol. The van der Waals surface area contributed by atoms with Gasteiger partial charge < -0.3 is 30.0 Å². The van der Waals surface area contributed by atoms with Gasteiger partial charge in [0.1, 0.15) is 6.67 Å². The zero-order valence-electron chi connectivity index (χ0n) is 8.30. The van der Waals surface area contributed by atoms with E-state index in [2.05, 4.69) is 0 Å². The van der Waals surface area contributed by atoms with Crippen molar-refractivity contribution in [3.05, 3.63) is 0 Å². The largest absolute Gasteiger partial charge is 0.370 e. The molecule has 96 valence electrons. The maximum atomic E-state index is 11.0. The highest BCUT2D eigenvalue weighted by molar-refractivity contribution is 7.72. The average molecular weight is 277 g/mol. The number of rotatable bonds is 4. The summed E-state index contributed by atoms with van der Waals surface area (Å²) in [6, 6.07) is 0. The zero-order valence-corrected chi connectivity index (χ0v) is 10.1. The Morgan fingerprint density at radius 3 is 2.00 bits per heavy atom. The highest BCUT2D eigenvalue weighted by Crippen LogP contribution is 2.67. The van der Waals surface area contributed by atoms with E-state index in [4.69, 9.17) is 19.6 Å². The van der Waals surface area contributed by atoms with E-state index in [0.29, 0.717) is 19.8 Å². The predicted molar refractivity (Wildman–Crippen MR) is 52.3 cm³/mol. The number of aliphatic hydroxyl groups is 1. The molecule has 0 atom stereocenters. The molecule has 1 saturated heterocycles. The Morgan fingerprint density at radius 1 is 1.19 bits per heavy atom. The highest BCUT2D eigenvalue weighted by atomic mass is 31.2. The summed E-state index contributed by atoms with van der Waals surface area (Å²) in [4.78, 5) is 36.8. The van der Waals surface area contributed by atoms with Crippen LogP contribution in [0.1, 0.15) is 0 Å². The summed E-state index contributed by atoms with van der Waals surface area (Å²) in [5.41, 5.74) is 0. The summed E-state index contributed by atoms with van der Waals surface area (Å²) >= 11 is 0. The fraction of sp³-hybridized carbons (Fsp3) is 1.00. The summed E-state index contributed by atoms with van der Waals surface area (Å²) in [5, 5.41) is 8.03. The maximum Gasteiger partial charge on any atom is 0.370 e. The third-order valence-corrected chi connectivity index (χ3v) is 6.12. The fourth-order valence-electron chi connectivity index (χ4n) is 1.44. The lowest BCUT2D eigenvalue weighted by Gasteiger charge is -2.31. The van der Waals surface area contributed by atoms with Gasteiger partial charge in [-0.2, -0.15) is 0 Å². The quantitative estimate of drug-likeness (QED) is 0.294. The van der Waals surface area contributed by atoms with Crippen LogP contribution in [0.25, 0.3) is 0 Å². The molecule has 1 fully saturated rings. The maximum absolute atomic E-state index is 11.0. The SMILES string of the molecule is O=P(O)(O)C(O)(CN1CC[NH2+]C1)P(=O)(O)O. The first kappa shape index (κ1) is 14.2. The van der Waals surface area contributed by atoms with Crippen LogP contribution in [-0.2, 0) is 9.13 Å². The first-order valence-corrected chi connectivity index (χ1v) is 7.68. The van der Waals surface area contributed by atoms with Gasteiger partial charge in [0.2, 0.25) is 0 Å². The summed E-state index contributed by atoms with van der Waals surface area (Å²) in [6.07, 6.45) is 0. The van der Waals surface area contributed by atoms with Crippen molar-refractivity contribution in [1.82, 2.24) is 4.90 Å². The Labute approximate surface area is 91.4 Å². The van der Waals surface area contributed by atoms with E-state index in [1.807, 2.05) is 0 Å². The minimum Gasteiger partial charge on any atom is -0.367 e. The van der Waals surface area contributed by atoms with Crippen LogP contribution < -0.4 is 5.32 Å². The Kier molecular flexibility index (Phi) is 3.96. The number of hydrogen-bond acceptors (Lipinski definition) is 4. The van der Waals surface area contributed by atoms with Crippen molar-refractivity contribution in [3.63, 3.8) is 0 Å². The second-order valence-corrected chi connectivity index (χ2v) is 7.68. The van der Waals surface area contributed by atoms with Gasteiger partial charge in [0.25, 0.3) is 5.08 Å². The fourth-order valence-corrected chi connectivity index (χ4v) is 3.56. The van der Waals surface area contributed by atoms with E-state index in [1.165, 1.54) is 4.90 Å². The molecule has 1 aliphatic rings. The summed E-state index contributed by atoms with van der Waals surface area (Å²) in [5.74, 6) is 0. The molecule has 0 amide bonds. The third-order valence-electron chi connectivity index (χ3n) is 2.41. The van der Waals surface area contributed by atoms with Gasteiger partial charge in [0.15, 0.2) is 0 Å². The van der Waals surface area contributed by atoms with Crippen LogP contribution >= 0.6 is 15.2 Å². The van der Waals surface area contributed by atoms with Crippen molar-refractivity contribution >= 4 is 15.2 Å². The molecule has 0 aliphatic carbocycles. The molecule has 0 aromatic heterocycles. The van der Waals surface area contributed by atoms with Crippen LogP contribution in [-0.4, -0.2) is 61.0 Å². The average Bonchev–Trinajstić information content (AvgIpc) is 2.52. The normalized spacial score (nSPS) is 20.3. The van der Waals surface area contributed by atoms with Gasteiger partial charge in [-0.15, -0.1) is 0 Å². The second-order valence-electron chi connectivity index (χ2n) is 3.67. The Hall–Kier alpha value is 0.180. The number of nitrogens with two attached hydrogens (primary N) is 1. The predicted octanol–water partition coefficient (Wildman–Crippen LogP) is -3.18. The highest BCUT2D eigenvalue weighted by Gasteiger charge is 2.60. The van der Waals surface area contributed by atoms with E-state index in [-0.39, 0.29) is 0 Å². The van der Waals surface area contributed by atoms with Gasteiger partial charge in [-0.05, 0) is 0 Å². The van der Waals surface area contributed by atoms with Crippen LogP contribution in [0.4, 0.5) is 0 Å². The van der Waals surface area contributed by atoms with Gasteiger partial charge in [-0.25, -0.2) is 4.90 Å². The van der Waals surface area contributed by atoms with Crippen molar-refractivity contribution in [3.8, 4) is 0 Å². The minimum atomic E-state index is -5.32. The van der Waals surface area contributed by atoms with Crippen molar-refractivity contribution in [2.45, 2.75) is 5.08 Å². The number of β-amino-alcohol motifs (C(OH)–C–C–N with tert-alkyl or cyclic N) is 1. The monoisotopic (exact) mass is 277 g/mol. The molecule has 0 radical (unpaired) electrons. The van der Waals surface area contributed by atoms with Gasteiger partial charge in [-0.3, -0.25) is 9.13 Å². The molecule has 0 aromatic carbocycles. The molecule has 9 nitrogen and oxygen atoms in total. The molecule has 1 heterocycles. The molecule has 0 spiro atoms. The summed E-state index contributed by atoms with van der Waals surface area (Å²) in [6.45, 7) is 0.640. The van der Waals surface area contributed by atoms with Crippen LogP contribution in [0.15, 0.2) is 0 Å². The molecule has 0 aromatic rings. The first-order valence-electron chi connectivity index (χ1n) is 4.45. The van der Waals surface area contributed by atoms with Gasteiger partial charge >= 0.3 is 15.2 Å². The summed E-state index contributed by atoms with van der Waals surface area (Å²) < 4.78 is 22.0. The van der Waals surface area contributed by atoms with E-state index in [9.17, 15) is 14.2 Å². The molecule has 16 heavy (non-hydrogen) atoms. The Balaban J connectivity index is 2.96. The molecule has 0 bridgehead atoms. The van der Waals surface area contributed by atoms with Gasteiger partial charge in [0.05, 0.1) is 19.6 Å². The lowest BCUT2D eigenvalue weighted by atomic mass is 10.5. The zero-order chi connectivity index (χ0) is 12.6. The van der Waals surface area contributed by atoms with E-state index >= 15 is 0 Å². The standard InChI is InChI=1S/C5H14N2O7P2/c8-5(15(9,10)11,16(12,13)14)3-7-2-1-6-4-7/h6,8H,1-4H2,(H2,9,10,11)(H2,12,13,14)/p+1. The van der Waals surface area contributed by atoms with Crippen LogP contribution in [0, 0.1) is 0 Å². The third kappa shape index (κ3) is 2.70. The topological polar surface area (TPSA) is 155 Å². The molecule has 11 heteroatoms. The number of hydrogen-bond donors (Lipinski definition) is 6. The molecule has 0 unspecified atom stereocenters. The van der Waals surface area contributed by atoms with E-state index < -0.39 is 26.8 Å². The molecular formula is C5H15N2O7P2+. The lowest BCUT2D eigenvalue weighted by Crippen LogP contribution is -2.82. The molecule has 0 saturated carbocycles. The van der Waals surface area contributed by atoms with Crippen LogP contribution in [0.3, 0.4) is 0 Å².